The summed E-state index contributed by atoms with van der Waals surface area (Å²) in [6, 6.07) is 17.9. The number of nitrogens with one attached hydrogen (secondary N) is 2. The maximum absolute atomic E-state index is 14.2. The minimum Gasteiger partial charge on any atom is -0.486 e. The van der Waals surface area contributed by atoms with E-state index in [1.54, 1.807) is 30.3 Å². The third kappa shape index (κ3) is 3.10. The highest BCUT2D eigenvalue weighted by atomic mass is 35.5. The zero-order chi connectivity index (χ0) is 26.2. The molecule has 2 N–H and O–H groups in total. The minimum atomic E-state index is -1.40. The van der Waals surface area contributed by atoms with Crippen LogP contribution in [-0.2, 0) is 26.3 Å². The molecule has 8 nitrogen and oxygen atoms in total. The smallest absolute Gasteiger partial charge is 0.250 e. The predicted molar refractivity (Wildman–Crippen MR) is 140 cm³/mol. The second-order valence-electron chi connectivity index (χ2n) is 10.1. The molecule has 4 aliphatic heterocycles. The highest BCUT2D eigenvalue weighted by Gasteiger charge is 2.70. The summed E-state index contributed by atoms with van der Waals surface area (Å²) in [6.07, 6.45) is 0.479. The van der Waals surface area contributed by atoms with E-state index < -0.39 is 29.3 Å². The Kier molecular flexibility index (Phi) is 5.09. The zero-order valence-corrected chi connectivity index (χ0v) is 21.2. The molecule has 3 aromatic carbocycles. The van der Waals surface area contributed by atoms with Gasteiger partial charge < -0.3 is 14.8 Å². The Morgan fingerprint density at radius 1 is 0.974 bits per heavy atom. The molecule has 4 aliphatic rings. The van der Waals surface area contributed by atoms with Crippen molar-refractivity contribution < 1.29 is 23.9 Å². The number of hydrogen-bond donors (Lipinski definition) is 2. The van der Waals surface area contributed by atoms with Crippen molar-refractivity contribution >= 4 is 40.7 Å². The minimum absolute atomic E-state index is 0.339. The van der Waals surface area contributed by atoms with Crippen LogP contribution in [0.3, 0.4) is 0 Å². The molecule has 3 aromatic rings. The van der Waals surface area contributed by atoms with Crippen molar-refractivity contribution in [2.75, 3.05) is 23.4 Å². The molecule has 0 saturated carbocycles. The van der Waals surface area contributed by atoms with Crippen molar-refractivity contribution in [2.24, 2.45) is 11.8 Å². The summed E-state index contributed by atoms with van der Waals surface area (Å²) in [5.41, 5.74) is 1.96. The summed E-state index contributed by atoms with van der Waals surface area (Å²) in [4.78, 5) is 43.3. The van der Waals surface area contributed by atoms with Gasteiger partial charge in [-0.1, -0.05) is 48.0 Å². The van der Waals surface area contributed by atoms with Crippen LogP contribution in [0.5, 0.6) is 11.5 Å². The van der Waals surface area contributed by atoms with E-state index >= 15 is 0 Å². The molecule has 38 heavy (non-hydrogen) atoms. The lowest BCUT2D eigenvalue weighted by molar-refractivity contribution is -0.130. The quantitative estimate of drug-likeness (QED) is 0.503. The Hall–Kier alpha value is -3.88. The van der Waals surface area contributed by atoms with Crippen LogP contribution in [0.4, 0.5) is 11.4 Å². The fourth-order valence-electron chi connectivity index (χ4n) is 6.46. The van der Waals surface area contributed by atoms with Gasteiger partial charge >= 0.3 is 0 Å². The van der Waals surface area contributed by atoms with Crippen LogP contribution < -0.4 is 25.0 Å². The SMILES string of the molecule is Cc1c(Cl)ccc2c1NC(=O)[C@]21N[C@@H](Cc2ccccc2)[C@H]2C(=O)N(c3ccc4c(c3)OCCO4)C(=O)[C@H]21. The molecule has 1 spiro atoms. The van der Waals surface area contributed by atoms with Gasteiger partial charge in [-0.2, -0.15) is 0 Å². The highest BCUT2D eigenvalue weighted by molar-refractivity contribution is 6.32. The Morgan fingerprint density at radius 2 is 1.74 bits per heavy atom. The third-order valence-electron chi connectivity index (χ3n) is 8.17. The molecule has 9 heteroatoms. The van der Waals surface area contributed by atoms with Crippen molar-refractivity contribution in [1.29, 1.82) is 0 Å². The lowest BCUT2D eigenvalue weighted by Gasteiger charge is -2.30. The summed E-state index contributed by atoms with van der Waals surface area (Å²) < 4.78 is 11.3. The van der Waals surface area contributed by atoms with Gasteiger partial charge in [0.25, 0.3) is 0 Å². The molecule has 0 radical (unpaired) electrons. The molecule has 7 rings (SSSR count). The van der Waals surface area contributed by atoms with Crippen LogP contribution >= 0.6 is 11.6 Å². The monoisotopic (exact) mass is 529 g/mol. The van der Waals surface area contributed by atoms with Gasteiger partial charge in [0.05, 0.1) is 23.2 Å². The topological polar surface area (TPSA) is 97.0 Å². The maximum Gasteiger partial charge on any atom is 0.250 e. The molecule has 0 aliphatic carbocycles. The Morgan fingerprint density at radius 3 is 2.53 bits per heavy atom. The molecule has 0 bridgehead atoms. The Bertz CT molecular complexity index is 1530. The first-order valence-electron chi connectivity index (χ1n) is 12.6. The van der Waals surface area contributed by atoms with Crippen molar-refractivity contribution in [3.8, 4) is 11.5 Å². The maximum atomic E-state index is 14.2. The summed E-state index contributed by atoms with van der Waals surface area (Å²) in [5.74, 6) is -1.75. The third-order valence-corrected chi connectivity index (χ3v) is 8.58. The van der Waals surface area contributed by atoms with Gasteiger partial charge in [0.1, 0.15) is 18.8 Å². The Labute approximate surface area is 223 Å². The predicted octanol–water partition coefficient (Wildman–Crippen LogP) is 3.59. The summed E-state index contributed by atoms with van der Waals surface area (Å²) >= 11 is 6.37. The van der Waals surface area contributed by atoms with E-state index in [0.717, 1.165) is 11.1 Å². The number of fused-ring (bicyclic) bond motifs is 5. The number of halogens is 1. The molecule has 4 heterocycles. The van der Waals surface area contributed by atoms with Crippen LogP contribution in [0.1, 0.15) is 16.7 Å². The van der Waals surface area contributed by atoms with Gasteiger partial charge in [-0.15, -0.1) is 0 Å². The number of nitrogens with zero attached hydrogens (tertiary/aromatic N) is 1. The van der Waals surface area contributed by atoms with Crippen LogP contribution in [0.25, 0.3) is 0 Å². The van der Waals surface area contributed by atoms with Gasteiger partial charge in [0, 0.05) is 22.7 Å². The van der Waals surface area contributed by atoms with Crippen LogP contribution in [0.2, 0.25) is 5.02 Å². The number of carbonyl (C=O) groups excluding carboxylic acids is 3. The van der Waals surface area contributed by atoms with Crippen molar-refractivity contribution in [2.45, 2.75) is 24.9 Å². The van der Waals surface area contributed by atoms with Gasteiger partial charge in [0.15, 0.2) is 11.5 Å². The molecule has 4 atom stereocenters. The first kappa shape index (κ1) is 23.3. The van der Waals surface area contributed by atoms with E-state index in [-0.39, 0.29) is 11.8 Å². The molecular weight excluding hydrogens is 506 g/mol. The van der Waals surface area contributed by atoms with E-state index in [1.165, 1.54) is 4.90 Å². The largest absolute Gasteiger partial charge is 0.486 e. The standard InChI is InChI=1S/C29H24ClN3O5/c1-15-19(30)9-8-18-25(15)31-28(36)29(18)24-23(20(32-29)13-16-5-3-2-4-6-16)26(34)33(27(24)35)17-7-10-21-22(14-17)38-12-11-37-21/h2-10,14,20,23-24,32H,11-13H2,1H3,(H,31,36)/t20-,23+,24-,29-/m0/s1. The Balaban J connectivity index is 1.37. The number of carbonyl (C=O) groups is 3. The van der Waals surface area contributed by atoms with E-state index in [2.05, 4.69) is 10.6 Å². The number of amides is 3. The average molecular weight is 530 g/mol. The van der Waals surface area contributed by atoms with Crippen LogP contribution in [0.15, 0.2) is 60.7 Å². The van der Waals surface area contributed by atoms with E-state index in [4.69, 9.17) is 21.1 Å². The fraction of sp³-hybridized carbons (Fsp3) is 0.276. The van der Waals surface area contributed by atoms with E-state index in [1.807, 2.05) is 37.3 Å². The average Bonchev–Trinajstić information content (AvgIpc) is 3.51. The second kappa shape index (κ2) is 8.31. The fourth-order valence-corrected chi connectivity index (χ4v) is 6.62. The molecule has 0 aromatic heterocycles. The molecule has 0 unspecified atom stereocenters. The number of anilines is 2. The number of hydrogen-bond acceptors (Lipinski definition) is 6. The van der Waals surface area contributed by atoms with Crippen molar-refractivity contribution in [1.82, 2.24) is 5.32 Å². The lowest BCUT2D eigenvalue weighted by atomic mass is 9.76. The molecular formula is C29H24ClN3O5. The number of benzene rings is 3. The summed E-state index contributed by atoms with van der Waals surface area (Å²) in [7, 11) is 0. The number of ether oxygens (including phenoxy) is 2. The molecule has 192 valence electrons. The van der Waals surface area contributed by atoms with E-state index in [0.29, 0.717) is 53.1 Å². The highest BCUT2D eigenvalue weighted by Crippen LogP contribution is 2.55. The van der Waals surface area contributed by atoms with E-state index in [9.17, 15) is 14.4 Å². The van der Waals surface area contributed by atoms with Gasteiger partial charge in [-0.25, -0.2) is 4.90 Å². The van der Waals surface area contributed by atoms with Crippen molar-refractivity contribution in [3.63, 3.8) is 0 Å². The van der Waals surface area contributed by atoms with Gasteiger partial charge in [-0.05, 0) is 42.7 Å². The van der Waals surface area contributed by atoms with Gasteiger partial charge in [0.2, 0.25) is 17.7 Å². The number of rotatable bonds is 3. The second-order valence-corrected chi connectivity index (χ2v) is 10.5. The number of imide groups is 1. The zero-order valence-electron chi connectivity index (χ0n) is 20.5. The molecule has 2 saturated heterocycles. The van der Waals surface area contributed by atoms with Crippen LogP contribution in [-0.4, -0.2) is 37.0 Å². The molecule has 3 amide bonds. The van der Waals surface area contributed by atoms with Gasteiger partial charge in [-0.3, -0.25) is 19.7 Å². The summed E-state index contributed by atoms with van der Waals surface area (Å²) in [6.45, 7) is 2.65. The summed E-state index contributed by atoms with van der Waals surface area (Å²) in [5, 5.41) is 6.96. The first-order valence-corrected chi connectivity index (χ1v) is 13.0. The lowest BCUT2D eigenvalue weighted by Crippen LogP contribution is -2.53. The van der Waals surface area contributed by atoms with Crippen molar-refractivity contribution in [3.05, 3.63) is 82.4 Å². The van der Waals surface area contributed by atoms with Crippen LogP contribution in [0, 0.1) is 18.8 Å². The molecule has 2 fully saturated rings. The normalized spacial score (nSPS) is 27.1. The first-order chi connectivity index (χ1) is 18.4.